The van der Waals surface area contributed by atoms with Gasteiger partial charge >= 0.3 is 0 Å². The highest BCUT2D eigenvalue weighted by Crippen LogP contribution is 2.23. The van der Waals surface area contributed by atoms with Gasteiger partial charge in [-0.3, -0.25) is 10.1 Å². The molecular formula is C22H16BrN3O2. The van der Waals surface area contributed by atoms with Crippen molar-refractivity contribution < 1.29 is 9.90 Å². The number of carbonyl (C=O) groups is 1. The van der Waals surface area contributed by atoms with E-state index in [9.17, 15) is 9.90 Å². The summed E-state index contributed by atoms with van der Waals surface area (Å²) in [5.74, 6) is 0.200. The molecule has 0 aliphatic heterocycles. The quantitative estimate of drug-likeness (QED) is 0.494. The zero-order valence-corrected chi connectivity index (χ0v) is 16.6. The van der Waals surface area contributed by atoms with Gasteiger partial charge in [-0.1, -0.05) is 46.3 Å². The number of nitrogens with one attached hydrogen (secondary N) is 1. The molecule has 0 atom stereocenters. The van der Waals surface area contributed by atoms with E-state index >= 15 is 0 Å². The molecule has 2 N–H and O–H groups in total. The highest BCUT2D eigenvalue weighted by atomic mass is 79.9. The predicted molar refractivity (Wildman–Crippen MR) is 116 cm³/mol. The van der Waals surface area contributed by atoms with Crippen molar-refractivity contribution >= 4 is 61.4 Å². The summed E-state index contributed by atoms with van der Waals surface area (Å²) in [7, 11) is 0. The number of halogens is 1. The lowest BCUT2D eigenvalue weighted by Gasteiger charge is -2.08. The van der Waals surface area contributed by atoms with Crippen LogP contribution in [0.1, 0.15) is 12.5 Å². The monoisotopic (exact) mass is 433 g/mol. The number of carbonyl (C=O) groups excluding carboxylic acids is 1. The molecule has 0 radical (unpaired) electrons. The SMILES string of the molecule is CC(=O)Nc1nc2cccc3/c(=C(O)\C=C\c4ccc(Br)cc4)ccc(n1)c23. The fourth-order valence-electron chi connectivity index (χ4n) is 3.08. The predicted octanol–water partition coefficient (Wildman–Crippen LogP) is 4.60. The third kappa shape index (κ3) is 3.59. The number of anilines is 1. The standard InChI is InChI=1S/C22H16BrN3O2/c1-13(27)24-22-25-18-4-2-3-17-16(10-11-19(26-22)21(17)18)20(28)12-7-14-5-8-15(23)9-6-14/h2-12,28H,1H3,(H,24,25,26,27)/b12-7+,20-16+. The number of aliphatic hydroxyl groups excluding tert-OH is 1. The van der Waals surface area contributed by atoms with Gasteiger partial charge in [0, 0.05) is 22.0 Å². The number of aromatic nitrogens is 2. The van der Waals surface area contributed by atoms with Crippen LogP contribution in [0.2, 0.25) is 0 Å². The molecule has 0 aliphatic rings. The van der Waals surface area contributed by atoms with E-state index in [0.717, 1.165) is 20.8 Å². The van der Waals surface area contributed by atoms with Gasteiger partial charge in [-0.05, 0) is 47.4 Å². The number of hydrogen-bond acceptors (Lipinski definition) is 4. The van der Waals surface area contributed by atoms with Crippen LogP contribution >= 0.6 is 15.9 Å². The molecule has 0 saturated carbocycles. The molecule has 4 aromatic rings. The minimum absolute atomic E-state index is 0.156. The van der Waals surface area contributed by atoms with Crippen LogP contribution in [-0.2, 0) is 4.79 Å². The lowest BCUT2D eigenvalue weighted by atomic mass is 10.0. The fourth-order valence-corrected chi connectivity index (χ4v) is 3.35. The van der Waals surface area contributed by atoms with Crippen LogP contribution in [0.3, 0.4) is 0 Å². The molecule has 0 aliphatic carbocycles. The lowest BCUT2D eigenvalue weighted by Crippen LogP contribution is -2.11. The van der Waals surface area contributed by atoms with Gasteiger partial charge in [0.2, 0.25) is 11.9 Å². The maximum absolute atomic E-state index is 11.3. The Labute approximate surface area is 169 Å². The maximum atomic E-state index is 11.3. The van der Waals surface area contributed by atoms with Gasteiger partial charge in [-0.25, -0.2) is 9.97 Å². The van der Waals surface area contributed by atoms with E-state index in [1.54, 1.807) is 6.08 Å². The molecule has 1 amide bonds. The average molecular weight is 434 g/mol. The smallest absolute Gasteiger partial charge is 0.230 e. The van der Waals surface area contributed by atoms with Crippen molar-refractivity contribution in [2.45, 2.75) is 6.92 Å². The summed E-state index contributed by atoms with van der Waals surface area (Å²) in [5.41, 5.74) is 2.40. The van der Waals surface area contributed by atoms with Gasteiger partial charge in [0.15, 0.2) is 0 Å². The number of amides is 1. The molecule has 5 nitrogen and oxygen atoms in total. The van der Waals surface area contributed by atoms with E-state index in [-0.39, 0.29) is 17.6 Å². The van der Waals surface area contributed by atoms with Crippen molar-refractivity contribution in [3.05, 3.63) is 75.9 Å². The van der Waals surface area contributed by atoms with Gasteiger partial charge in [-0.2, -0.15) is 0 Å². The fraction of sp³-hybridized carbons (Fsp3) is 0.0455. The van der Waals surface area contributed by atoms with Crippen molar-refractivity contribution in [1.29, 1.82) is 0 Å². The normalized spacial score (nSPS) is 12.6. The van der Waals surface area contributed by atoms with Crippen LogP contribution < -0.4 is 10.5 Å². The molecule has 1 heterocycles. The van der Waals surface area contributed by atoms with E-state index in [1.165, 1.54) is 6.92 Å². The second-order valence-electron chi connectivity index (χ2n) is 6.33. The molecule has 3 aromatic carbocycles. The van der Waals surface area contributed by atoms with Crippen molar-refractivity contribution in [3.8, 4) is 0 Å². The topological polar surface area (TPSA) is 75.1 Å². The highest BCUT2D eigenvalue weighted by Gasteiger charge is 2.10. The third-order valence-corrected chi connectivity index (χ3v) is 4.85. The van der Waals surface area contributed by atoms with E-state index < -0.39 is 0 Å². The lowest BCUT2D eigenvalue weighted by molar-refractivity contribution is -0.114. The highest BCUT2D eigenvalue weighted by molar-refractivity contribution is 9.10. The summed E-state index contributed by atoms with van der Waals surface area (Å²) >= 11 is 3.41. The Morgan fingerprint density at radius 2 is 1.75 bits per heavy atom. The summed E-state index contributed by atoms with van der Waals surface area (Å²) in [6.45, 7) is 1.42. The van der Waals surface area contributed by atoms with Gasteiger partial charge in [0.25, 0.3) is 0 Å². The summed E-state index contributed by atoms with van der Waals surface area (Å²) < 4.78 is 1.00. The number of hydrogen-bond donors (Lipinski definition) is 2. The number of benzene rings is 3. The van der Waals surface area contributed by atoms with Gasteiger partial charge < -0.3 is 5.11 Å². The molecule has 6 heteroatoms. The van der Waals surface area contributed by atoms with Crippen LogP contribution in [0, 0.1) is 0 Å². The first-order valence-electron chi connectivity index (χ1n) is 8.65. The summed E-state index contributed by atoms with van der Waals surface area (Å²) in [5, 5.41) is 15.7. The van der Waals surface area contributed by atoms with E-state index in [2.05, 4.69) is 31.2 Å². The maximum Gasteiger partial charge on any atom is 0.230 e. The van der Waals surface area contributed by atoms with Crippen LogP contribution in [-0.4, -0.2) is 21.0 Å². The number of nitrogens with zero attached hydrogens (tertiary/aromatic N) is 2. The third-order valence-electron chi connectivity index (χ3n) is 4.32. The Balaban J connectivity index is 1.86. The molecule has 4 rings (SSSR count). The van der Waals surface area contributed by atoms with E-state index in [4.69, 9.17) is 0 Å². The second kappa shape index (κ2) is 7.40. The summed E-state index contributed by atoms with van der Waals surface area (Å²) in [6, 6.07) is 17.1. The zero-order chi connectivity index (χ0) is 19.7. The summed E-state index contributed by atoms with van der Waals surface area (Å²) in [4.78, 5) is 20.1. The zero-order valence-electron chi connectivity index (χ0n) is 15.0. The second-order valence-corrected chi connectivity index (χ2v) is 7.25. The Hall–Kier alpha value is -3.25. The molecule has 0 fully saturated rings. The van der Waals surface area contributed by atoms with Crippen LogP contribution in [0.4, 0.5) is 5.95 Å². The first kappa shape index (κ1) is 18.1. The van der Waals surface area contributed by atoms with Crippen LogP contribution in [0.25, 0.3) is 33.6 Å². The minimum atomic E-state index is -0.223. The Kier molecular flexibility index (Phi) is 4.79. The van der Waals surface area contributed by atoms with E-state index in [0.29, 0.717) is 16.3 Å². The Morgan fingerprint density at radius 1 is 1.04 bits per heavy atom. The largest absolute Gasteiger partial charge is 0.507 e. The first-order chi connectivity index (χ1) is 13.5. The summed E-state index contributed by atoms with van der Waals surface area (Å²) in [6.07, 6.45) is 3.54. The number of aliphatic hydroxyl groups is 1. The van der Waals surface area contributed by atoms with Crippen molar-refractivity contribution in [1.82, 2.24) is 9.97 Å². The molecular weight excluding hydrogens is 418 g/mol. The van der Waals surface area contributed by atoms with Gasteiger partial charge in [0.1, 0.15) is 5.76 Å². The minimum Gasteiger partial charge on any atom is -0.507 e. The van der Waals surface area contributed by atoms with Gasteiger partial charge in [0.05, 0.1) is 11.0 Å². The molecule has 28 heavy (non-hydrogen) atoms. The van der Waals surface area contributed by atoms with Crippen molar-refractivity contribution in [2.75, 3.05) is 5.32 Å². The average Bonchev–Trinajstić information content (AvgIpc) is 2.67. The Bertz CT molecular complexity index is 1260. The molecule has 0 spiro atoms. The van der Waals surface area contributed by atoms with Crippen molar-refractivity contribution in [2.24, 2.45) is 0 Å². The first-order valence-corrected chi connectivity index (χ1v) is 9.44. The molecule has 0 bridgehead atoms. The van der Waals surface area contributed by atoms with Gasteiger partial charge in [-0.15, -0.1) is 0 Å². The Morgan fingerprint density at radius 3 is 2.46 bits per heavy atom. The molecule has 138 valence electrons. The molecule has 1 aromatic heterocycles. The van der Waals surface area contributed by atoms with Crippen LogP contribution in [0.15, 0.2) is 65.1 Å². The molecule has 0 saturated heterocycles. The van der Waals surface area contributed by atoms with E-state index in [1.807, 2.05) is 60.7 Å². The molecule has 0 unspecified atom stereocenters. The van der Waals surface area contributed by atoms with Crippen molar-refractivity contribution in [3.63, 3.8) is 0 Å². The van der Waals surface area contributed by atoms with Crippen LogP contribution in [0.5, 0.6) is 0 Å². The number of rotatable bonds is 3.